The molecule has 3 rings (SSSR count). The molecule has 3 nitrogen and oxygen atoms in total. The SMILES string of the molecule is CC(C)(C)OC(=O)C1(C)c2ccccc2CN1c1ccccc1. The molecule has 0 saturated carbocycles. The largest absolute Gasteiger partial charge is 0.458 e. The highest BCUT2D eigenvalue weighted by Crippen LogP contribution is 2.43. The van der Waals surface area contributed by atoms with Gasteiger partial charge in [0.15, 0.2) is 5.54 Å². The Morgan fingerprint density at radius 1 is 1.04 bits per heavy atom. The molecule has 0 bridgehead atoms. The Bertz CT molecular complexity index is 718. The summed E-state index contributed by atoms with van der Waals surface area (Å²) in [5.74, 6) is -0.209. The zero-order valence-corrected chi connectivity index (χ0v) is 14.2. The van der Waals surface area contributed by atoms with Gasteiger partial charge in [-0.3, -0.25) is 0 Å². The third-order valence-corrected chi connectivity index (χ3v) is 4.27. The molecule has 0 N–H and O–H groups in total. The molecule has 1 aliphatic heterocycles. The molecule has 120 valence electrons. The molecule has 0 radical (unpaired) electrons. The molecule has 1 heterocycles. The number of para-hydroxylation sites is 1. The summed E-state index contributed by atoms with van der Waals surface area (Å²) in [5.41, 5.74) is 1.89. The lowest BCUT2D eigenvalue weighted by Crippen LogP contribution is -2.48. The van der Waals surface area contributed by atoms with Crippen molar-refractivity contribution in [1.82, 2.24) is 0 Å². The average Bonchev–Trinajstić information content (AvgIpc) is 2.82. The summed E-state index contributed by atoms with van der Waals surface area (Å²) in [5, 5.41) is 0. The van der Waals surface area contributed by atoms with Gasteiger partial charge in [0.05, 0.1) is 0 Å². The number of ether oxygens (including phenoxy) is 1. The molecular formula is C20H23NO2. The molecule has 0 aliphatic carbocycles. The van der Waals surface area contributed by atoms with Gasteiger partial charge >= 0.3 is 5.97 Å². The normalized spacial score (nSPS) is 20.3. The summed E-state index contributed by atoms with van der Waals surface area (Å²) in [4.78, 5) is 15.2. The Morgan fingerprint density at radius 3 is 2.30 bits per heavy atom. The van der Waals surface area contributed by atoms with E-state index in [1.165, 1.54) is 5.56 Å². The van der Waals surface area contributed by atoms with Crippen molar-refractivity contribution in [2.75, 3.05) is 4.90 Å². The van der Waals surface area contributed by atoms with E-state index < -0.39 is 11.1 Å². The number of benzene rings is 2. The molecule has 2 aromatic rings. The maximum Gasteiger partial charge on any atom is 0.336 e. The van der Waals surface area contributed by atoms with E-state index in [9.17, 15) is 4.79 Å². The van der Waals surface area contributed by atoms with Gasteiger partial charge in [0.1, 0.15) is 5.60 Å². The number of hydrogen-bond acceptors (Lipinski definition) is 3. The zero-order valence-electron chi connectivity index (χ0n) is 14.2. The first kappa shape index (κ1) is 15.6. The number of rotatable bonds is 2. The number of esters is 1. The second kappa shape index (κ2) is 5.41. The van der Waals surface area contributed by atoms with Crippen LogP contribution in [0.5, 0.6) is 0 Å². The third kappa shape index (κ3) is 2.72. The van der Waals surface area contributed by atoms with Crippen molar-refractivity contribution in [2.45, 2.75) is 45.4 Å². The van der Waals surface area contributed by atoms with E-state index in [1.54, 1.807) is 0 Å². The van der Waals surface area contributed by atoms with Crippen LogP contribution in [0.2, 0.25) is 0 Å². The molecule has 3 heteroatoms. The Morgan fingerprint density at radius 2 is 1.65 bits per heavy atom. The predicted octanol–water partition coefficient (Wildman–Crippen LogP) is 4.26. The lowest BCUT2D eigenvalue weighted by molar-refractivity contribution is -0.161. The van der Waals surface area contributed by atoms with Crippen LogP contribution in [0, 0.1) is 0 Å². The van der Waals surface area contributed by atoms with Gasteiger partial charge in [0.2, 0.25) is 0 Å². The van der Waals surface area contributed by atoms with E-state index in [4.69, 9.17) is 4.74 Å². The van der Waals surface area contributed by atoms with Crippen LogP contribution in [-0.4, -0.2) is 11.6 Å². The van der Waals surface area contributed by atoms with Crippen molar-refractivity contribution in [1.29, 1.82) is 0 Å². The van der Waals surface area contributed by atoms with Crippen LogP contribution >= 0.6 is 0 Å². The Balaban J connectivity index is 2.09. The molecule has 0 spiro atoms. The van der Waals surface area contributed by atoms with Gasteiger partial charge in [0.25, 0.3) is 0 Å². The van der Waals surface area contributed by atoms with Gasteiger partial charge in [-0.2, -0.15) is 0 Å². The van der Waals surface area contributed by atoms with Crippen LogP contribution < -0.4 is 4.90 Å². The van der Waals surface area contributed by atoms with Crippen LogP contribution in [0.15, 0.2) is 54.6 Å². The second-order valence-electron chi connectivity index (χ2n) is 7.15. The Labute approximate surface area is 137 Å². The van der Waals surface area contributed by atoms with Crippen molar-refractivity contribution < 1.29 is 9.53 Å². The Hall–Kier alpha value is -2.29. The van der Waals surface area contributed by atoms with Gasteiger partial charge in [-0.25, -0.2) is 4.79 Å². The third-order valence-electron chi connectivity index (χ3n) is 4.27. The standard InChI is InChI=1S/C20H23NO2/c1-19(2,3)23-18(22)20(4)17-13-9-8-10-15(17)14-21(20)16-11-6-5-7-12-16/h5-13H,14H2,1-4H3. The number of hydrogen-bond donors (Lipinski definition) is 0. The van der Waals surface area contributed by atoms with Gasteiger partial charge in [-0.05, 0) is 51.0 Å². The van der Waals surface area contributed by atoms with E-state index in [-0.39, 0.29) is 5.97 Å². The molecule has 1 unspecified atom stereocenters. The summed E-state index contributed by atoms with van der Waals surface area (Å²) in [6.07, 6.45) is 0. The summed E-state index contributed by atoms with van der Waals surface area (Å²) >= 11 is 0. The second-order valence-corrected chi connectivity index (χ2v) is 7.15. The number of carbonyl (C=O) groups excluding carboxylic acids is 1. The summed E-state index contributed by atoms with van der Waals surface area (Å²) in [7, 11) is 0. The van der Waals surface area contributed by atoms with E-state index >= 15 is 0 Å². The number of anilines is 1. The van der Waals surface area contributed by atoms with E-state index in [1.807, 2.05) is 76.2 Å². The molecule has 1 aliphatic rings. The van der Waals surface area contributed by atoms with Crippen molar-refractivity contribution in [3.05, 3.63) is 65.7 Å². The first-order valence-electron chi connectivity index (χ1n) is 7.97. The lowest BCUT2D eigenvalue weighted by Gasteiger charge is -2.37. The van der Waals surface area contributed by atoms with Crippen LogP contribution in [0.1, 0.15) is 38.8 Å². The zero-order chi connectivity index (χ0) is 16.7. The highest BCUT2D eigenvalue weighted by molar-refractivity contribution is 5.89. The molecule has 0 fully saturated rings. The molecule has 2 aromatic carbocycles. The first-order valence-corrected chi connectivity index (χ1v) is 7.97. The number of carbonyl (C=O) groups is 1. The number of fused-ring (bicyclic) bond motifs is 1. The first-order chi connectivity index (χ1) is 10.8. The van der Waals surface area contributed by atoms with Gasteiger partial charge in [-0.1, -0.05) is 42.5 Å². The van der Waals surface area contributed by atoms with Crippen LogP contribution in [0.25, 0.3) is 0 Å². The van der Waals surface area contributed by atoms with Gasteiger partial charge in [0, 0.05) is 12.2 Å². The molecule has 1 atom stereocenters. The fourth-order valence-electron chi connectivity index (χ4n) is 3.16. The van der Waals surface area contributed by atoms with Crippen molar-refractivity contribution in [3.63, 3.8) is 0 Å². The Kier molecular flexibility index (Phi) is 3.67. The molecule has 23 heavy (non-hydrogen) atoms. The maximum absolute atomic E-state index is 13.1. The lowest BCUT2D eigenvalue weighted by atomic mass is 9.91. The van der Waals surface area contributed by atoms with E-state index in [2.05, 4.69) is 11.0 Å². The van der Waals surface area contributed by atoms with Crippen molar-refractivity contribution in [2.24, 2.45) is 0 Å². The highest BCUT2D eigenvalue weighted by Gasteiger charge is 2.49. The highest BCUT2D eigenvalue weighted by atomic mass is 16.6. The number of nitrogens with zero attached hydrogens (tertiary/aromatic N) is 1. The smallest absolute Gasteiger partial charge is 0.336 e. The minimum absolute atomic E-state index is 0.209. The van der Waals surface area contributed by atoms with Gasteiger partial charge < -0.3 is 9.64 Å². The average molecular weight is 309 g/mol. The van der Waals surface area contributed by atoms with Crippen LogP contribution in [-0.2, 0) is 21.6 Å². The minimum atomic E-state index is -0.814. The quantitative estimate of drug-likeness (QED) is 0.776. The van der Waals surface area contributed by atoms with E-state index in [0.29, 0.717) is 6.54 Å². The molecule has 0 amide bonds. The van der Waals surface area contributed by atoms with Crippen LogP contribution in [0.4, 0.5) is 5.69 Å². The maximum atomic E-state index is 13.1. The summed E-state index contributed by atoms with van der Waals surface area (Å²) < 4.78 is 5.75. The van der Waals surface area contributed by atoms with E-state index in [0.717, 1.165) is 11.3 Å². The fourth-order valence-corrected chi connectivity index (χ4v) is 3.16. The monoisotopic (exact) mass is 309 g/mol. The van der Waals surface area contributed by atoms with Crippen LogP contribution in [0.3, 0.4) is 0 Å². The fraction of sp³-hybridized carbons (Fsp3) is 0.350. The van der Waals surface area contributed by atoms with Crippen molar-refractivity contribution in [3.8, 4) is 0 Å². The van der Waals surface area contributed by atoms with Crippen molar-refractivity contribution >= 4 is 11.7 Å². The summed E-state index contributed by atoms with van der Waals surface area (Å²) in [6, 6.07) is 18.2. The predicted molar refractivity (Wildman–Crippen MR) is 92.3 cm³/mol. The molecule has 0 saturated heterocycles. The molecule has 0 aromatic heterocycles. The minimum Gasteiger partial charge on any atom is -0.458 e. The van der Waals surface area contributed by atoms with Gasteiger partial charge in [-0.15, -0.1) is 0 Å². The summed E-state index contributed by atoms with van der Waals surface area (Å²) in [6.45, 7) is 8.38. The molecular weight excluding hydrogens is 286 g/mol. The topological polar surface area (TPSA) is 29.5 Å².